The molecule has 0 unspecified atom stereocenters. The van der Waals surface area contributed by atoms with Crippen molar-refractivity contribution in [1.82, 2.24) is 14.8 Å². The summed E-state index contributed by atoms with van der Waals surface area (Å²) in [5, 5.41) is 3.72. The monoisotopic (exact) mass is 490 g/mol. The Morgan fingerprint density at radius 2 is 1.86 bits per heavy atom. The summed E-state index contributed by atoms with van der Waals surface area (Å²) in [6.45, 7) is 6.48. The molecule has 7 heteroatoms. The van der Waals surface area contributed by atoms with E-state index < -0.39 is 0 Å². The molecule has 1 N–H and O–H groups in total. The third-order valence-electron chi connectivity index (χ3n) is 7.66. The molecule has 2 aliphatic rings. The number of carbonyl (C=O) groups excluding carboxylic acids is 2. The van der Waals surface area contributed by atoms with Crippen molar-refractivity contribution in [3.05, 3.63) is 65.6 Å². The molecule has 3 aromatic rings. The molecule has 0 aliphatic carbocycles. The number of benzene rings is 2. The second-order valence-corrected chi connectivity index (χ2v) is 9.98. The lowest BCUT2D eigenvalue weighted by molar-refractivity contribution is -0.117. The van der Waals surface area contributed by atoms with Gasteiger partial charge in [-0.3, -0.25) is 9.59 Å². The summed E-state index contributed by atoms with van der Waals surface area (Å²) in [4.78, 5) is 30.2. The molecule has 2 aromatic carbocycles. The minimum absolute atomic E-state index is 0.0122. The topological polar surface area (TPSA) is 57.6 Å². The summed E-state index contributed by atoms with van der Waals surface area (Å²) in [5.41, 5.74) is 3.18. The lowest BCUT2D eigenvalue weighted by atomic mass is 9.90. The highest BCUT2D eigenvalue weighted by Crippen LogP contribution is 2.37. The van der Waals surface area contributed by atoms with Gasteiger partial charge in [-0.2, -0.15) is 0 Å². The summed E-state index contributed by atoms with van der Waals surface area (Å²) in [7, 11) is 0. The molecule has 1 aromatic heterocycles. The van der Waals surface area contributed by atoms with Crippen LogP contribution in [0, 0.1) is 11.7 Å². The second-order valence-electron chi connectivity index (χ2n) is 9.98. The number of carbonyl (C=O) groups is 2. The van der Waals surface area contributed by atoms with Gasteiger partial charge in [0.25, 0.3) is 5.91 Å². The molecule has 36 heavy (non-hydrogen) atoms. The Morgan fingerprint density at radius 1 is 1.08 bits per heavy atom. The average Bonchev–Trinajstić information content (AvgIpc) is 3.45. The lowest BCUT2D eigenvalue weighted by Crippen LogP contribution is -2.40. The van der Waals surface area contributed by atoms with Gasteiger partial charge in [0.15, 0.2) is 0 Å². The standard InChI is InChI=1S/C29H35FN4O2/c1-2-33-25-11-10-23(30)20-24(25)27(34-15-6-9-26(34)35)28(33)29(36)31-14-18-32-16-12-22(13-17-32)19-21-7-4-3-5-8-21/h3-5,7-8,10-11,20,22H,2,6,9,12-19H2,1H3,(H,31,36). The fraction of sp³-hybridized carbons (Fsp3) is 0.448. The predicted molar refractivity (Wildman–Crippen MR) is 141 cm³/mol. The maximum Gasteiger partial charge on any atom is 0.270 e. The van der Waals surface area contributed by atoms with Crippen LogP contribution in [-0.4, -0.2) is 54.0 Å². The molecule has 2 saturated heterocycles. The van der Waals surface area contributed by atoms with Crippen LogP contribution in [0.15, 0.2) is 48.5 Å². The van der Waals surface area contributed by atoms with Crippen molar-refractivity contribution in [2.75, 3.05) is 37.6 Å². The molecule has 6 nitrogen and oxygen atoms in total. The van der Waals surface area contributed by atoms with E-state index in [1.165, 1.54) is 30.5 Å². The first-order chi connectivity index (χ1) is 17.5. The Hall–Kier alpha value is -3.19. The van der Waals surface area contributed by atoms with Crippen LogP contribution in [-0.2, 0) is 17.8 Å². The Labute approximate surface area is 212 Å². The molecule has 0 radical (unpaired) electrons. The van der Waals surface area contributed by atoms with Crippen LogP contribution in [0.25, 0.3) is 10.9 Å². The van der Waals surface area contributed by atoms with E-state index in [0.29, 0.717) is 48.7 Å². The van der Waals surface area contributed by atoms with Gasteiger partial charge in [0.05, 0.1) is 11.2 Å². The van der Waals surface area contributed by atoms with Gasteiger partial charge in [-0.25, -0.2) is 4.39 Å². The normalized spacial score (nSPS) is 17.3. The van der Waals surface area contributed by atoms with E-state index in [9.17, 15) is 14.0 Å². The van der Waals surface area contributed by atoms with Crippen LogP contribution in [0.4, 0.5) is 10.1 Å². The van der Waals surface area contributed by atoms with Gasteiger partial charge in [-0.15, -0.1) is 0 Å². The summed E-state index contributed by atoms with van der Waals surface area (Å²) >= 11 is 0. The molecular weight excluding hydrogens is 455 g/mol. The zero-order chi connectivity index (χ0) is 25.1. The third kappa shape index (κ3) is 5.03. The summed E-state index contributed by atoms with van der Waals surface area (Å²) in [6, 6.07) is 15.2. The number of nitrogens with zero attached hydrogens (tertiary/aromatic N) is 3. The van der Waals surface area contributed by atoms with Crippen LogP contribution in [0.2, 0.25) is 0 Å². The number of nitrogens with one attached hydrogen (secondary N) is 1. The lowest BCUT2D eigenvalue weighted by Gasteiger charge is -2.32. The molecule has 2 aliphatic heterocycles. The Balaban J connectivity index is 1.25. The quantitative estimate of drug-likeness (QED) is 0.502. The molecule has 0 spiro atoms. The van der Waals surface area contributed by atoms with Crippen LogP contribution in [0.3, 0.4) is 0 Å². The van der Waals surface area contributed by atoms with Gasteiger partial charge < -0.3 is 19.7 Å². The fourth-order valence-electron chi connectivity index (χ4n) is 5.80. The number of aromatic nitrogens is 1. The van der Waals surface area contributed by atoms with Gasteiger partial charge in [0, 0.05) is 38.0 Å². The Morgan fingerprint density at radius 3 is 2.56 bits per heavy atom. The minimum atomic E-state index is -0.369. The first-order valence-corrected chi connectivity index (χ1v) is 13.2. The first-order valence-electron chi connectivity index (χ1n) is 13.2. The maximum absolute atomic E-state index is 14.2. The number of rotatable bonds is 8. The van der Waals surface area contributed by atoms with Crippen molar-refractivity contribution in [2.45, 2.75) is 45.6 Å². The highest BCUT2D eigenvalue weighted by molar-refractivity contribution is 6.14. The summed E-state index contributed by atoms with van der Waals surface area (Å²) in [6.07, 6.45) is 4.66. The summed E-state index contributed by atoms with van der Waals surface area (Å²) < 4.78 is 16.1. The largest absolute Gasteiger partial charge is 0.349 e. The predicted octanol–water partition coefficient (Wildman–Crippen LogP) is 4.61. The van der Waals surface area contributed by atoms with E-state index in [1.807, 2.05) is 11.5 Å². The van der Waals surface area contributed by atoms with Crippen molar-refractivity contribution < 1.29 is 14.0 Å². The molecule has 5 rings (SSSR count). The van der Waals surface area contributed by atoms with Crippen LogP contribution >= 0.6 is 0 Å². The molecule has 2 fully saturated rings. The number of anilines is 1. The first kappa shape index (κ1) is 24.5. The molecule has 0 bridgehead atoms. The van der Waals surface area contributed by atoms with Gasteiger partial charge in [-0.1, -0.05) is 30.3 Å². The number of hydrogen-bond acceptors (Lipinski definition) is 3. The summed E-state index contributed by atoms with van der Waals surface area (Å²) in [5.74, 6) is 0.120. The average molecular weight is 491 g/mol. The Bertz CT molecular complexity index is 1230. The number of halogens is 1. The van der Waals surface area contributed by atoms with Gasteiger partial charge in [0.2, 0.25) is 5.91 Å². The van der Waals surface area contributed by atoms with E-state index in [2.05, 4.69) is 40.5 Å². The molecule has 0 saturated carbocycles. The minimum Gasteiger partial charge on any atom is -0.349 e. The van der Waals surface area contributed by atoms with E-state index in [0.717, 1.165) is 38.0 Å². The van der Waals surface area contributed by atoms with Crippen molar-refractivity contribution in [3.63, 3.8) is 0 Å². The Kier molecular flexibility index (Phi) is 7.37. The van der Waals surface area contributed by atoms with E-state index in [-0.39, 0.29) is 17.6 Å². The van der Waals surface area contributed by atoms with Crippen LogP contribution < -0.4 is 10.2 Å². The van der Waals surface area contributed by atoms with Crippen LogP contribution in [0.5, 0.6) is 0 Å². The van der Waals surface area contributed by atoms with Crippen LogP contribution in [0.1, 0.15) is 48.7 Å². The number of aryl methyl sites for hydroxylation is 1. The number of fused-ring (bicyclic) bond motifs is 1. The SMILES string of the molecule is CCn1c(C(=O)NCCN2CCC(Cc3ccccc3)CC2)c(N2CCCC2=O)c2cc(F)ccc21. The number of likely N-dealkylation sites (tertiary alicyclic amines) is 1. The number of piperidine rings is 1. The molecule has 3 heterocycles. The highest BCUT2D eigenvalue weighted by atomic mass is 19.1. The van der Waals surface area contributed by atoms with Crippen molar-refractivity contribution in [3.8, 4) is 0 Å². The third-order valence-corrected chi connectivity index (χ3v) is 7.66. The van der Waals surface area contributed by atoms with Crippen molar-refractivity contribution in [2.24, 2.45) is 5.92 Å². The maximum atomic E-state index is 14.2. The zero-order valence-electron chi connectivity index (χ0n) is 21.0. The molecule has 2 amide bonds. The number of hydrogen-bond donors (Lipinski definition) is 1. The molecule has 0 atom stereocenters. The second kappa shape index (κ2) is 10.8. The smallest absolute Gasteiger partial charge is 0.270 e. The van der Waals surface area contributed by atoms with Gasteiger partial charge in [0.1, 0.15) is 11.5 Å². The molecular formula is C29H35FN4O2. The zero-order valence-corrected chi connectivity index (χ0v) is 21.0. The molecule has 190 valence electrons. The van der Waals surface area contributed by atoms with Crippen molar-refractivity contribution in [1.29, 1.82) is 0 Å². The van der Waals surface area contributed by atoms with Gasteiger partial charge >= 0.3 is 0 Å². The van der Waals surface area contributed by atoms with Crippen molar-refractivity contribution >= 4 is 28.4 Å². The van der Waals surface area contributed by atoms with E-state index in [1.54, 1.807) is 11.0 Å². The van der Waals surface area contributed by atoms with E-state index in [4.69, 9.17) is 0 Å². The van der Waals surface area contributed by atoms with Gasteiger partial charge in [-0.05, 0) is 75.4 Å². The highest BCUT2D eigenvalue weighted by Gasteiger charge is 2.32. The van der Waals surface area contributed by atoms with E-state index >= 15 is 0 Å². The number of amides is 2. The fourth-order valence-corrected chi connectivity index (χ4v) is 5.80.